The van der Waals surface area contributed by atoms with Gasteiger partial charge in [-0.25, -0.2) is 13.2 Å². The van der Waals surface area contributed by atoms with Crippen LogP contribution in [0, 0.1) is 0 Å². The van der Waals surface area contributed by atoms with E-state index in [9.17, 15) is 13.2 Å². The summed E-state index contributed by atoms with van der Waals surface area (Å²) in [5.74, 6) is 0. The Morgan fingerprint density at radius 3 is 2.04 bits per heavy atom. The highest BCUT2D eigenvalue weighted by atomic mass is 32.2. The number of amides is 2. The number of urea groups is 1. The molecule has 0 bridgehead atoms. The second-order valence-corrected chi connectivity index (χ2v) is 7.99. The van der Waals surface area contributed by atoms with Crippen molar-refractivity contribution in [3.05, 3.63) is 24.3 Å². The molecule has 1 aromatic carbocycles. The van der Waals surface area contributed by atoms with Crippen LogP contribution in [0.25, 0.3) is 0 Å². The van der Waals surface area contributed by atoms with Crippen LogP contribution in [0.15, 0.2) is 24.3 Å². The molecule has 0 saturated carbocycles. The number of anilines is 2. The highest BCUT2D eigenvalue weighted by Crippen LogP contribution is 2.22. The van der Waals surface area contributed by atoms with E-state index in [1.54, 1.807) is 12.1 Å². The number of rotatable bonds is 9. The molecule has 0 aliphatic rings. The summed E-state index contributed by atoms with van der Waals surface area (Å²) in [4.78, 5) is 13.8. The van der Waals surface area contributed by atoms with Crippen molar-refractivity contribution in [3.8, 4) is 0 Å². The average Bonchev–Trinajstić information content (AvgIpc) is 2.52. The number of hydrogen-bond donors (Lipinski definition) is 2. The van der Waals surface area contributed by atoms with E-state index in [-0.39, 0.29) is 25.2 Å². The summed E-state index contributed by atoms with van der Waals surface area (Å²) in [6, 6.07) is 7.14. The topological polar surface area (TPSA) is 81.8 Å². The van der Waals surface area contributed by atoms with Gasteiger partial charge in [0.05, 0.1) is 18.5 Å². The van der Waals surface area contributed by atoms with Crippen molar-refractivity contribution >= 4 is 27.4 Å². The number of carbonyl (C=O) groups excluding carboxylic acids is 1. The minimum Gasteiger partial charge on any atom is -0.372 e. The minimum absolute atomic E-state index is 0.0265. The van der Waals surface area contributed by atoms with Gasteiger partial charge in [0.15, 0.2) is 0 Å². The van der Waals surface area contributed by atoms with Gasteiger partial charge in [-0.05, 0) is 52.0 Å². The maximum Gasteiger partial charge on any atom is 0.315 e. The van der Waals surface area contributed by atoms with E-state index >= 15 is 0 Å². The van der Waals surface area contributed by atoms with Crippen molar-refractivity contribution in [2.45, 2.75) is 33.7 Å². The van der Waals surface area contributed by atoms with E-state index < -0.39 is 10.0 Å². The molecule has 2 amide bonds. The van der Waals surface area contributed by atoms with Crippen LogP contribution in [0.5, 0.6) is 0 Å². The summed E-state index contributed by atoms with van der Waals surface area (Å²) in [5.41, 5.74) is 1.64. The number of nitrogens with zero attached hydrogens (tertiary/aromatic N) is 2. The Bertz CT molecular complexity index is 640. The lowest BCUT2D eigenvalue weighted by molar-refractivity contribution is 0.239. The Kier molecular flexibility index (Phi) is 8.02. The molecule has 142 valence electrons. The molecule has 0 heterocycles. The number of carbonyl (C=O) groups is 1. The average molecular weight is 371 g/mol. The van der Waals surface area contributed by atoms with Crippen LogP contribution in [-0.2, 0) is 10.0 Å². The van der Waals surface area contributed by atoms with E-state index in [1.165, 1.54) is 10.6 Å². The zero-order valence-electron chi connectivity index (χ0n) is 15.7. The van der Waals surface area contributed by atoms with Crippen LogP contribution >= 0.6 is 0 Å². The molecule has 0 saturated heterocycles. The molecule has 0 radical (unpaired) electrons. The van der Waals surface area contributed by atoms with Crippen LogP contribution in [0.1, 0.15) is 27.7 Å². The molecule has 1 aromatic rings. The number of nitrogens with one attached hydrogen (secondary N) is 2. The molecule has 2 N–H and O–H groups in total. The Labute approximate surface area is 151 Å². The first-order chi connectivity index (χ1) is 11.7. The molecule has 1 rings (SSSR count). The fraction of sp³-hybridized carbons (Fsp3) is 0.588. The van der Waals surface area contributed by atoms with E-state index in [4.69, 9.17) is 0 Å². The van der Waals surface area contributed by atoms with E-state index in [2.05, 4.69) is 29.4 Å². The Balaban J connectivity index is 2.81. The molecule has 0 aliphatic carbocycles. The van der Waals surface area contributed by atoms with Gasteiger partial charge in [-0.1, -0.05) is 0 Å². The Morgan fingerprint density at radius 1 is 1.08 bits per heavy atom. The summed E-state index contributed by atoms with van der Waals surface area (Å²) in [6.45, 7) is 10.1. The predicted molar refractivity (Wildman–Crippen MR) is 104 cm³/mol. The molecule has 7 nitrogen and oxygen atoms in total. The van der Waals surface area contributed by atoms with Crippen molar-refractivity contribution in [1.29, 1.82) is 0 Å². The number of hydrogen-bond acceptors (Lipinski definition) is 4. The molecular formula is C17H30N4O3S. The van der Waals surface area contributed by atoms with Gasteiger partial charge in [-0.2, -0.15) is 0 Å². The first-order valence-electron chi connectivity index (χ1n) is 8.56. The number of benzene rings is 1. The first-order valence-corrected chi connectivity index (χ1v) is 10.4. The molecular weight excluding hydrogens is 340 g/mol. The zero-order chi connectivity index (χ0) is 19.0. The van der Waals surface area contributed by atoms with Crippen molar-refractivity contribution in [1.82, 2.24) is 10.6 Å². The lowest BCUT2D eigenvalue weighted by Gasteiger charge is -2.25. The smallest absolute Gasteiger partial charge is 0.315 e. The largest absolute Gasteiger partial charge is 0.372 e. The fourth-order valence-electron chi connectivity index (χ4n) is 2.49. The number of sulfonamides is 1. The SMILES string of the molecule is CCN(CC)c1ccc(N(CCNC(=O)NC(C)C)S(C)(=O)=O)cc1. The minimum atomic E-state index is -3.44. The Hall–Kier alpha value is -1.96. The van der Waals surface area contributed by atoms with Gasteiger partial charge >= 0.3 is 6.03 Å². The van der Waals surface area contributed by atoms with Crippen LogP contribution in [-0.4, -0.2) is 52.9 Å². The van der Waals surface area contributed by atoms with Crippen molar-refractivity contribution in [2.24, 2.45) is 0 Å². The van der Waals surface area contributed by atoms with Crippen LogP contribution < -0.4 is 19.8 Å². The van der Waals surface area contributed by atoms with Crippen LogP contribution in [0.2, 0.25) is 0 Å². The molecule has 25 heavy (non-hydrogen) atoms. The molecule has 0 atom stereocenters. The van der Waals surface area contributed by atoms with Gasteiger partial charge in [0.2, 0.25) is 10.0 Å². The Morgan fingerprint density at radius 2 is 1.60 bits per heavy atom. The van der Waals surface area contributed by atoms with Crippen LogP contribution in [0.3, 0.4) is 0 Å². The van der Waals surface area contributed by atoms with Crippen molar-refractivity contribution in [3.63, 3.8) is 0 Å². The van der Waals surface area contributed by atoms with E-state index in [0.29, 0.717) is 5.69 Å². The summed E-state index contributed by atoms with van der Waals surface area (Å²) >= 11 is 0. The molecule has 0 spiro atoms. The van der Waals surface area contributed by atoms with Gasteiger partial charge in [-0.3, -0.25) is 4.31 Å². The van der Waals surface area contributed by atoms with Crippen molar-refractivity contribution in [2.75, 3.05) is 41.6 Å². The summed E-state index contributed by atoms with van der Waals surface area (Å²) < 4.78 is 25.5. The monoisotopic (exact) mass is 370 g/mol. The van der Waals surface area contributed by atoms with Crippen molar-refractivity contribution < 1.29 is 13.2 Å². The maximum absolute atomic E-state index is 12.1. The maximum atomic E-state index is 12.1. The normalized spacial score (nSPS) is 11.3. The summed E-state index contributed by atoms with van der Waals surface area (Å²) in [5, 5.41) is 5.37. The molecule has 0 aliphatic heterocycles. The third-order valence-electron chi connectivity index (χ3n) is 3.69. The van der Waals surface area contributed by atoms with Gasteiger partial charge in [0, 0.05) is 31.4 Å². The lowest BCUT2D eigenvalue weighted by Crippen LogP contribution is -2.43. The van der Waals surface area contributed by atoms with Crippen LogP contribution in [0.4, 0.5) is 16.2 Å². The standard InChI is InChI=1S/C17H30N4O3S/c1-6-20(7-2)15-8-10-16(11-9-15)21(25(5,23)24)13-12-18-17(22)19-14(3)4/h8-11,14H,6-7,12-13H2,1-5H3,(H2,18,19,22). The second-order valence-electron chi connectivity index (χ2n) is 6.08. The van der Waals surface area contributed by atoms with Gasteiger partial charge in [0.1, 0.15) is 0 Å². The van der Waals surface area contributed by atoms with Gasteiger partial charge in [-0.15, -0.1) is 0 Å². The van der Waals surface area contributed by atoms with Gasteiger partial charge in [0.25, 0.3) is 0 Å². The summed E-state index contributed by atoms with van der Waals surface area (Å²) in [7, 11) is -3.44. The molecule has 0 fully saturated rings. The predicted octanol–water partition coefficient (Wildman–Crippen LogP) is 2.01. The lowest BCUT2D eigenvalue weighted by atomic mass is 10.2. The highest BCUT2D eigenvalue weighted by molar-refractivity contribution is 7.92. The van der Waals surface area contributed by atoms with E-state index in [1.807, 2.05) is 26.0 Å². The molecule has 0 aromatic heterocycles. The third-order valence-corrected chi connectivity index (χ3v) is 4.88. The quantitative estimate of drug-likeness (QED) is 0.697. The second kappa shape index (κ2) is 9.50. The summed E-state index contributed by atoms with van der Waals surface area (Å²) in [6.07, 6.45) is 1.17. The fourth-order valence-corrected chi connectivity index (χ4v) is 3.42. The first kappa shape index (κ1) is 21.1. The molecule has 8 heteroatoms. The van der Waals surface area contributed by atoms with Gasteiger partial charge < -0.3 is 15.5 Å². The zero-order valence-corrected chi connectivity index (χ0v) is 16.6. The van der Waals surface area contributed by atoms with E-state index in [0.717, 1.165) is 18.8 Å². The highest BCUT2D eigenvalue weighted by Gasteiger charge is 2.17. The third kappa shape index (κ3) is 6.81. The molecule has 0 unspecified atom stereocenters.